The lowest BCUT2D eigenvalue weighted by Gasteiger charge is -2.04. The molecule has 19 heavy (non-hydrogen) atoms. The zero-order valence-corrected chi connectivity index (χ0v) is 11.5. The number of anilines is 1. The van der Waals surface area contributed by atoms with Crippen LogP contribution in [-0.4, -0.2) is 6.54 Å². The van der Waals surface area contributed by atoms with Crippen molar-refractivity contribution in [2.24, 2.45) is 0 Å². The Labute approximate surface area is 116 Å². The molecule has 0 saturated heterocycles. The van der Waals surface area contributed by atoms with Gasteiger partial charge in [-0.15, -0.1) is 0 Å². The van der Waals surface area contributed by atoms with Crippen LogP contribution in [0, 0.1) is 0 Å². The van der Waals surface area contributed by atoms with Gasteiger partial charge in [0.05, 0.1) is 0 Å². The van der Waals surface area contributed by atoms with Crippen LogP contribution in [-0.2, 0) is 6.42 Å². The highest BCUT2D eigenvalue weighted by molar-refractivity contribution is 5.51. The van der Waals surface area contributed by atoms with Crippen molar-refractivity contribution in [2.75, 3.05) is 11.9 Å². The van der Waals surface area contributed by atoms with Gasteiger partial charge in [-0.2, -0.15) is 0 Å². The summed E-state index contributed by atoms with van der Waals surface area (Å²) in [6, 6.07) is 19.1. The average Bonchev–Trinajstić information content (AvgIpc) is 2.47. The summed E-state index contributed by atoms with van der Waals surface area (Å²) in [5.41, 5.74) is 3.83. The van der Waals surface area contributed by atoms with Crippen molar-refractivity contribution in [2.45, 2.75) is 19.8 Å². The lowest BCUT2D eigenvalue weighted by molar-refractivity contribution is 0.922. The Balaban J connectivity index is 1.81. The lowest BCUT2D eigenvalue weighted by atomic mass is 10.1. The number of aryl methyl sites for hydroxylation is 1. The van der Waals surface area contributed by atoms with Gasteiger partial charge in [0.15, 0.2) is 0 Å². The standard InChI is InChI=1S/C18H21N/c1-2-7-16-11-13-18(14-12-16)19-15-6-10-17-8-4-3-5-9-17/h3-6,8-14,19H,2,7,15H2,1H3. The van der Waals surface area contributed by atoms with E-state index in [9.17, 15) is 0 Å². The van der Waals surface area contributed by atoms with Crippen molar-refractivity contribution in [3.63, 3.8) is 0 Å². The van der Waals surface area contributed by atoms with Gasteiger partial charge in [0.1, 0.15) is 0 Å². The van der Waals surface area contributed by atoms with Crippen molar-refractivity contribution in [1.82, 2.24) is 0 Å². The van der Waals surface area contributed by atoms with Crippen LogP contribution in [0.3, 0.4) is 0 Å². The summed E-state index contributed by atoms with van der Waals surface area (Å²) in [6.07, 6.45) is 6.65. The maximum Gasteiger partial charge on any atom is 0.0342 e. The summed E-state index contributed by atoms with van der Waals surface area (Å²) in [6.45, 7) is 3.06. The van der Waals surface area contributed by atoms with E-state index in [2.05, 4.69) is 72.9 Å². The highest BCUT2D eigenvalue weighted by Crippen LogP contribution is 2.10. The second-order valence-electron chi connectivity index (χ2n) is 4.64. The first-order valence-corrected chi connectivity index (χ1v) is 6.93. The van der Waals surface area contributed by atoms with E-state index in [0.29, 0.717) is 0 Å². The first-order chi connectivity index (χ1) is 9.38. The molecule has 0 radical (unpaired) electrons. The van der Waals surface area contributed by atoms with E-state index in [1.54, 1.807) is 0 Å². The zero-order valence-electron chi connectivity index (χ0n) is 11.5. The van der Waals surface area contributed by atoms with E-state index in [1.165, 1.54) is 23.2 Å². The third kappa shape index (κ3) is 4.63. The predicted molar refractivity (Wildman–Crippen MR) is 84.4 cm³/mol. The summed E-state index contributed by atoms with van der Waals surface area (Å²) in [7, 11) is 0. The molecule has 0 aromatic heterocycles. The van der Waals surface area contributed by atoms with Gasteiger partial charge in [-0.3, -0.25) is 0 Å². The van der Waals surface area contributed by atoms with Crippen LogP contribution in [0.2, 0.25) is 0 Å². The van der Waals surface area contributed by atoms with E-state index in [0.717, 1.165) is 13.0 Å². The van der Waals surface area contributed by atoms with Gasteiger partial charge in [-0.1, -0.05) is 68.0 Å². The van der Waals surface area contributed by atoms with E-state index in [1.807, 2.05) is 6.07 Å². The Morgan fingerprint density at radius 2 is 1.68 bits per heavy atom. The molecule has 0 aliphatic heterocycles. The van der Waals surface area contributed by atoms with Crippen molar-refractivity contribution >= 4 is 11.8 Å². The van der Waals surface area contributed by atoms with Crippen molar-refractivity contribution in [3.05, 3.63) is 71.8 Å². The molecule has 0 atom stereocenters. The molecule has 1 N–H and O–H groups in total. The van der Waals surface area contributed by atoms with E-state index in [4.69, 9.17) is 0 Å². The molecule has 0 amide bonds. The predicted octanol–water partition coefficient (Wildman–Crippen LogP) is 4.76. The van der Waals surface area contributed by atoms with Gasteiger partial charge in [0.25, 0.3) is 0 Å². The van der Waals surface area contributed by atoms with Gasteiger partial charge in [0.2, 0.25) is 0 Å². The molecule has 1 nitrogen and oxygen atoms in total. The molecule has 98 valence electrons. The zero-order chi connectivity index (χ0) is 13.3. The van der Waals surface area contributed by atoms with Crippen LogP contribution in [0.4, 0.5) is 5.69 Å². The highest BCUT2D eigenvalue weighted by atomic mass is 14.8. The van der Waals surface area contributed by atoms with Crippen LogP contribution in [0.1, 0.15) is 24.5 Å². The Morgan fingerprint density at radius 3 is 2.37 bits per heavy atom. The molecule has 0 fully saturated rings. The van der Waals surface area contributed by atoms with Crippen molar-refractivity contribution in [3.8, 4) is 0 Å². The van der Waals surface area contributed by atoms with Gasteiger partial charge < -0.3 is 5.32 Å². The summed E-state index contributed by atoms with van der Waals surface area (Å²) in [5, 5.41) is 3.40. The Morgan fingerprint density at radius 1 is 0.947 bits per heavy atom. The number of hydrogen-bond acceptors (Lipinski definition) is 1. The molecule has 2 aromatic carbocycles. The van der Waals surface area contributed by atoms with Gasteiger partial charge in [0, 0.05) is 12.2 Å². The van der Waals surface area contributed by atoms with Gasteiger partial charge in [-0.05, 0) is 29.7 Å². The van der Waals surface area contributed by atoms with Gasteiger partial charge >= 0.3 is 0 Å². The topological polar surface area (TPSA) is 12.0 Å². The Kier molecular flexibility index (Phi) is 5.24. The van der Waals surface area contributed by atoms with Crippen molar-refractivity contribution < 1.29 is 0 Å². The molecule has 2 rings (SSSR count). The fourth-order valence-corrected chi connectivity index (χ4v) is 2.01. The van der Waals surface area contributed by atoms with Gasteiger partial charge in [-0.25, -0.2) is 0 Å². The number of hydrogen-bond donors (Lipinski definition) is 1. The molecular formula is C18H21N. The number of benzene rings is 2. The molecule has 0 heterocycles. The van der Waals surface area contributed by atoms with Crippen LogP contribution in [0.25, 0.3) is 6.08 Å². The second kappa shape index (κ2) is 7.42. The van der Waals surface area contributed by atoms with E-state index in [-0.39, 0.29) is 0 Å². The van der Waals surface area contributed by atoms with E-state index >= 15 is 0 Å². The minimum Gasteiger partial charge on any atom is -0.382 e. The maximum absolute atomic E-state index is 3.40. The minimum atomic E-state index is 0.849. The Hall–Kier alpha value is -2.02. The summed E-state index contributed by atoms with van der Waals surface area (Å²) < 4.78 is 0. The van der Waals surface area contributed by atoms with Crippen LogP contribution in [0.15, 0.2) is 60.7 Å². The first kappa shape index (κ1) is 13.4. The summed E-state index contributed by atoms with van der Waals surface area (Å²) in [5.74, 6) is 0. The molecule has 0 saturated carbocycles. The number of rotatable bonds is 6. The Bertz CT molecular complexity index is 497. The third-order valence-corrected chi connectivity index (χ3v) is 3.03. The SMILES string of the molecule is CCCc1ccc(NCC=Cc2ccccc2)cc1. The second-order valence-corrected chi connectivity index (χ2v) is 4.64. The fraction of sp³-hybridized carbons (Fsp3) is 0.222. The molecule has 0 unspecified atom stereocenters. The van der Waals surface area contributed by atoms with Crippen molar-refractivity contribution in [1.29, 1.82) is 0 Å². The summed E-state index contributed by atoms with van der Waals surface area (Å²) in [4.78, 5) is 0. The van der Waals surface area contributed by atoms with E-state index < -0.39 is 0 Å². The third-order valence-electron chi connectivity index (χ3n) is 3.03. The maximum atomic E-state index is 3.40. The quantitative estimate of drug-likeness (QED) is 0.780. The smallest absolute Gasteiger partial charge is 0.0342 e. The first-order valence-electron chi connectivity index (χ1n) is 6.93. The molecule has 0 aliphatic rings. The lowest BCUT2D eigenvalue weighted by Crippen LogP contribution is -1.97. The molecule has 0 aliphatic carbocycles. The average molecular weight is 251 g/mol. The molecular weight excluding hydrogens is 230 g/mol. The van der Waals surface area contributed by atoms with Crippen LogP contribution < -0.4 is 5.32 Å². The fourth-order valence-electron chi connectivity index (χ4n) is 2.01. The number of nitrogens with one attached hydrogen (secondary N) is 1. The van der Waals surface area contributed by atoms with Crippen LogP contribution >= 0.6 is 0 Å². The molecule has 0 bridgehead atoms. The normalized spacial score (nSPS) is 10.8. The minimum absolute atomic E-state index is 0.849. The summed E-state index contributed by atoms with van der Waals surface area (Å²) >= 11 is 0. The highest BCUT2D eigenvalue weighted by Gasteiger charge is 1.92. The molecule has 0 spiro atoms. The molecule has 1 heteroatoms. The largest absolute Gasteiger partial charge is 0.382 e. The monoisotopic (exact) mass is 251 g/mol. The molecule has 2 aromatic rings. The van der Waals surface area contributed by atoms with Crippen LogP contribution in [0.5, 0.6) is 0 Å².